The van der Waals surface area contributed by atoms with Crippen molar-refractivity contribution in [3.63, 3.8) is 0 Å². The summed E-state index contributed by atoms with van der Waals surface area (Å²) in [5.74, 6) is 0.137. The van der Waals surface area contributed by atoms with Crippen molar-refractivity contribution in [3.05, 3.63) is 104 Å². The Balaban J connectivity index is 1.86. The third-order valence-corrected chi connectivity index (χ3v) is 7.65. The Bertz CT molecular complexity index is 1160. The van der Waals surface area contributed by atoms with Gasteiger partial charge in [-0.2, -0.15) is 0 Å². The van der Waals surface area contributed by atoms with Gasteiger partial charge in [-0.1, -0.05) is 88.9 Å². The summed E-state index contributed by atoms with van der Waals surface area (Å²) in [6.07, 6.45) is 0.360. The van der Waals surface area contributed by atoms with Crippen molar-refractivity contribution in [2.75, 3.05) is 12.8 Å². The molecule has 184 valence electrons. The number of rotatable bonds is 10. The van der Waals surface area contributed by atoms with Crippen molar-refractivity contribution < 1.29 is 9.59 Å². The smallest absolute Gasteiger partial charge is 0.242 e. The van der Waals surface area contributed by atoms with Gasteiger partial charge in [-0.25, -0.2) is 0 Å². The molecule has 1 N–H and O–H groups in total. The van der Waals surface area contributed by atoms with Crippen LogP contribution >= 0.6 is 58.2 Å². The van der Waals surface area contributed by atoms with E-state index < -0.39 is 6.04 Å². The normalized spacial score (nSPS) is 11.7. The molecule has 3 rings (SSSR count). The van der Waals surface area contributed by atoms with Crippen LogP contribution in [0.25, 0.3) is 0 Å². The third kappa shape index (κ3) is 7.80. The second-order valence-corrected chi connectivity index (χ2v) is 10.4. The van der Waals surface area contributed by atoms with E-state index in [1.54, 1.807) is 48.3 Å². The van der Waals surface area contributed by atoms with E-state index in [-0.39, 0.29) is 24.1 Å². The second kappa shape index (κ2) is 13.4. The van der Waals surface area contributed by atoms with E-state index >= 15 is 0 Å². The third-order valence-electron chi connectivity index (χ3n) is 5.41. The molecular formula is C26H24Cl4N2O2S. The van der Waals surface area contributed by atoms with Crippen LogP contribution in [0.4, 0.5) is 0 Å². The van der Waals surface area contributed by atoms with E-state index in [1.807, 2.05) is 30.3 Å². The molecule has 0 heterocycles. The van der Waals surface area contributed by atoms with E-state index in [4.69, 9.17) is 46.4 Å². The van der Waals surface area contributed by atoms with Gasteiger partial charge in [0.05, 0.1) is 5.75 Å². The molecule has 0 aliphatic heterocycles. The van der Waals surface area contributed by atoms with Crippen LogP contribution in [0.1, 0.15) is 16.7 Å². The number of thioether (sulfide) groups is 1. The highest BCUT2D eigenvalue weighted by molar-refractivity contribution is 7.99. The van der Waals surface area contributed by atoms with Gasteiger partial charge >= 0.3 is 0 Å². The van der Waals surface area contributed by atoms with Crippen LogP contribution in [-0.4, -0.2) is 35.6 Å². The van der Waals surface area contributed by atoms with Gasteiger partial charge in [0.2, 0.25) is 11.8 Å². The van der Waals surface area contributed by atoms with E-state index in [0.29, 0.717) is 37.8 Å². The Labute approximate surface area is 229 Å². The monoisotopic (exact) mass is 568 g/mol. The second-order valence-electron chi connectivity index (χ2n) is 7.77. The first-order valence-corrected chi connectivity index (χ1v) is 13.5. The van der Waals surface area contributed by atoms with Gasteiger partial charge in [-0.05, 0) is 41.0 Å². The summed E-state index contributed by atoms with van der Waals surface area (Å²) in [5.41, 5.74) is 2.41. The first-order chi connectivity index (χ1) is 16.8. The maximum atomic E-state index is 13.5. The lowest BCUT2D eigenvalue weighted by atomic mass is 10.0. The SMILES string of the molecule is CNC(=O)C(Cc1ccccc1)N(Cc1ccc(Cl)cc1Cl)C(=O)CSCc1c(Cl)cccc1Cl. The average Bonchev–Trinajstić information content (AvgIpc) is 2.84. The lowest BCUT2D eigenvalue weighted by Gasteiger charge is -2.31. The van der Waals surface area contributed by atoms with Gasteiger partial charge in [0, 0.05) is 45.9 Å². The topological polar surface area (TPSA) is 49.4 Å². The predicted octanol–water partition coefficient (Wildman–Crippen LogP) is 6.92. The largest absolute Gasteiger partial charge is 0.357 e. The number of carbonyl (C=O) groups is 2. The summed E-state index contributed by atoms with van der Waals surface area (Å²) < 4.78 is 0. The molecule has 0 saturated heterocycles. The first-order valence-electron chi connectivity index (χ1n) is 10.8. The lowest BCUT2D eigenvalue weighted by molar-refractivity contribution is -0.139. The molecule has 0 bridgehead atoms. The Kier molecular flexibility index (Phi) is 10.6. The summed E-state index contributed by atoms with van der Waals surface area (Å²) in [6, 6.07) is 19.3. The number of amides is 2. The number of nitrogens with zero attached hydrogens (tertiary/aromatic N) is 1. The summed E-state index contributed by atoms with van der Waals surface area (Å²) in [5, 5.41) is 4.73. The number of likely N-dealkylation sites (N-methyl/N-ethyl adjacent to an activating group) is 1. The molecule has 0 aliphatic carbocycles. The number of carbonyl (C=O) groups excluding carboxylic acids is 2. The van der Waals surface area contributed by atoms with Crippen molar-refractivity contribution in [2.45, 2.75) is 24.8 Å². The molecule has 3 aromatic rings. The van der Waals surface area contributed by atoms with Crippen LogP contribution in [0.15, 0.2) is 66.7 Å². The summed E-state index contributed by atoms with van der Waals surface area (Å²) in [6.45, 7) is 0.160. The number of nitrogens with one attached hydrogen (secondary N) is 1. The highest BCUT2D eigenvalue weighted by Gasteiger charge is 2.30. The fourth-order valence-electron chi connectivity index (χ4n) is 3.55. The predicted molar refractivity (Wildman–Crippen MR) is 148 cm³/mol. The zero-order valence-electron chi connectivity index (χ0n) is 18.9. The standard InChI is InChI=1S/C26H24Cl4N2O2S/c1-31-26(34)24(12-17-6-3-2-4-7-17)32(14-18-10-11-19(27)13-23(18)30)25(33)16-35-15-20-21(28)8-5-9-22(20)29/h2-11,13,24H,12,14-16H2,1H3,(H,31,34). The fraction of sp³-hybridized carbons (Fsp3) is 0.231. The quantitative estimate of drug-likeness (QED) is 0.288. The maximum absolute atomic E-state index is 13.5. The van der Waals surface area contributed by atoms with Crippen molar-refractivity contribution in [1.82, 2.24) is 10.2 Å². The molecule has 9 heteroatoms. The van der Waals surface area contributed by atoms with Crippen LogP contribution in [0.5, 0.6) is 0 Å². The summed E-state index contributed by atoms with van der Waals surface area (Å²) in [7, 11) is 1.56. The van der Waals surface area contributed by atoms with Crippen molar-refractivity contribution in [3.8, 4) is 0 Å². The van der Waals surface area contributed by atoms with Crippen LogP contribution in [0.3, 0.4) is 0 Å². The molecule has 2 amide bonds. The minimum Gasteiger partial charge on any atom is -0.357 e. The van der Waals surface area contributed by atoms with Gasteiger partial charge in [0.1, 0.15) is 6.04 Å². The number of hydrogen-bond acceptors (Lipinski definition) is 3. The zero-order chi connectivity index (χ0) is 25.4. The van der Waals surface area contributed by atoms with Crippen LogP contribution in [0, 0.1) is 0 Å². The molecule has 0 aliphatic rings. The van der Waals surface area contributed by atoms with E-state index in [2.05, 4.69) is 5.32 Å². The molecule has 4 nitrogen and oxygen atoms in total. The van der Waals surface area contributed by atoms with Crippen LogP contribution < -0.4 is 5.32 Å². The van der Waals surface area contributed by atoms with Crippen molar-refractivity contribution in [1.29, 1.82) is 0 Å². The Morgan fingerprint density at radius 2 is 1.60 bits per heavy atom. The highest BCUT2D eigenvalue weighted by Crippen LogP contribution is 2.29. The summed E-state index contributed by atoms with van der Waals surface area (Å²) in [4.78, 5) is 28.1. The Morgan fingerprint density at radius 3 is 2.23 bits per heavy atom. The van der Waals surface area contributed by atoms with Gasteiger partial charge in [-0.15, -0.1) is 11.8 Å². The molecule has 0 fully saturated rings. The first kappa shape index (κ1) is 27.7. The molecule has 3 aromatic carbocycles. The van der Waals surface area contributed by atoms with Crippen molar-refractivity contribution >= 4 is 70.0 Å². The lowest BCUT2D eigenvalue weighted by Crippen LogP contribution is -2.50. The number of benzene rings is 3. The molecule has 0 aromatic heterocycles. The molecule has 1 atom stereocenters. The van der Waals surface area contributed by atoms with Gasteiger partial charge < -0.3 is 10.2 Å². The van der Waals surface area contributed by atoms with Gasteiger partial charge in [0.25, 0.3) is 0 Å². The van der Waals surface area contributed by atoms with E-state index in [0.717, 1.165) is 11.1 Å². The maximum Gasteiger partial charge on any atom is 0.242 e. The van der Waals surface area contributed by atoms with Crippen LogP contribution in [0.2, 0.25) is 20.1 Å². The van der Waals surface area contributed by atoms with Crippen molar-refractivity contribution in [2.24, 2.45) is 0 Å². The Morgan fingerprint density at radius 1 is 0.914 bits per heavy atom. The highest BCUT2D eigenvalue weighted by atomic mass is 35.5. The van der Waals surface area contributed by atoms with E-state index in [1.165, 1.54) is 11.8 Å². The van der Waals surface area contributed by atoms with Gasteiger partial charge in [-0.3, -0.25) is 9.59 Å². The molecule has 0 saturated carbocycles. The molecular weight excluding hydrogens is 546 g/mol. The molecule has 1 unspecified atom stereocenters. The number of halogens is 4. The molecule has 0 radical (unpaired) electrons. The Hall–Kier alpha value is -1.89. The zero-order valence-corrected chi connectivity index (χ0v) is 22.8. The summed E-state index contributed by atoms with van der Waals surface area (Å²) >= 11 is 26.4. The van der Waals surface area contributed by atoms with E-state index in [9.17, 15) is 9.59 Å². The number of hydrogen-bond donors (Lipinski definition) is 1. The molecule has 35 heavy (non-hydrogen) atoms. The molecule has 0 spiro atoms. The minimum atomic E-state index is -0.730. The van der Waals surface area contributed by atoms with Gasteiger partial charge in [0.15, 0.2) is 0 Å². The van der Waals surface area contributed by atoms with Crippen LogP contribution in [-0.2, 0) is 28.3 Å². The average molecular weight is 570 g/mol. The fourth-order valence-corrected chi connectivity index (χ4v) is 5.66. The minimum absolute atomic E-state index is 0.134.